The zero-order chi connectivity index (χ0) is 27.8. The molecular formula is C29H26ClN5O5. The van der Waals surface area contributed by atoms with E-state index in [0.717, 1.165) is 22.5 Å². The molecule has 40 heavy (non-hydrogen) atoms. The molecule has 6 rings (SSSR count). The average molecular weight is 560 g/mol. The highest BCUT2D eigenvalue weighted by atomic mass is 35.5. The smallest absolute Gasteiger partial charge is 0.246 e. The van der Waals surface area contributed by atoms with E-state index in [9.17, 15) is 4.79 Å². The van der Waals surface area contributed by atoms with Crippen LogP contribution in [0.4, 0.5) is 11.4 Å². The summed E-state index contributed by atoms with van der Waals surface area (Å²) in [4.78, 5) is 22.4. The van der Waals surface area contributed by atoms with E-state index in [1.54, 1.807) is 37.1 Å². The number of ether oxygens (including phenoxy) is 3. The second-order valence-electron chi connectivity index (χ2n) is 9.31. The zero-order valence-electron chi connectivity index (χ0n) is 21.9. The maximum absolute atomic E-state index is 11.8. The van der Waals surface area contributed by atoms with E-state index in [0.29, 0.717) is 65.1 Å². The van der Waals surface area contributed by atoms with Gasteiger partial charge >= 0.3 is 0 Å². The first-order valence-electron chi connectivity index (χ1n) is 12.6. The Morgan fingerprint density at radius 3 is 2.80 bits per heavy atom. The molecule has 0 spiro atoms. The van der Waals surface area contributed by atoms with Gasteiger partial charge in [-0.05, 0) is 42.5 Å². The van der Waals surface area contributed by atoms with Crippen LogP contribution in [0.1, 0.15) is 11.5 Å². The fraction of sp³-hybridized carbons (Fsp3) is 0.207. The van der Waals surface area contributed by atoms with Crippen LogP contribution in [-0.2, 0) is 4.79 Å². The van der Waals surface area contributed by atoms with Crippen molar-refractivity contribution in [3.8, 4) is 23.0 Å². The highest BCUT2D eigenvalue weighted by Gasteiger charge is 2.32. The van der Waals surface area contributed by atoms with E-state index in [4.69, 9.17) is 30.2 Å². The lowest BCUT2D eigenvalue weighted by molar-refractivity contribution is -0.134. The highest BCUT2D eigenvalue weighted by Crippen LogP contribution is 2.38. The van der Waals surface area contributed by atoms with Gasteiger partial charge in [0.05, 0.1) is 30.9 Å². The number of amidine groups is 1. The molecule has 2 N–H and O–H groups in total. The molecule has 4 aromatic rings. The minimum Gasteiger partial charge on any atom is -0.493 e. The third kappa shape index (κ3) is 5.01. The lowest BCUT2D eigenvalue weighted by Crippen LogP contribution is -2.55. The zero-order valence-corrected chi connectivity index (χ0v) is 22.6. The molecule has 1 saturated heterocycles. The van der Waals surface area contributed by atoms with Gasteiger partial charge in [0, 0.05) is 30.3 Å². The van der Waals surface area contributed by atoms with Gasteiger partial charge in [0.25, 0.3) is 0 Å². The van der Waals surface area contributed by atoms with E-state index in [-0.39, 0.29) is 12.0 Å². The number of halogens is 1. The third-order valence-corrected chi connectivity index (χ3v) is 6.88. The number of nitrogens with zero attached hydrogens (tertiary/aromatic N) is 3. The highest BCUT2D eigenvalue weighted by molar-refractivity contribution is 6.32. The molecule has 3 aromatic carbocycles. The number of methoxy groups -OCH3 is 1. The predicted octanol–water partition coefficient (Wildman–Crippen LogP) is 5.61. The van der Waals surface area contributed by atoms with Gasteiger partial charge < -0.3 is 34.2 Å². The molecule has 0 bridgehead atoms. The molecule has 204 valence electrons. The van der Waals surface area contributed by atoms with Crippen LogP contribution in [0.15, 0.2) is 70.6 Å². The van der Waals surface area contributed by atoms with E-state index < -0.39 is 0 Å². The molecule has 0 unspecified atom stereocenters. The van der Waals surface area contributed by atoms with Crippen molar-refractivity contribution in [3.05, 3.63) is 77.7 Å². The Morgan fingerprint density at radius 2 is 2.02 bits per heavy atom. The number of benzene rings is 3. The number of carbonyl (C=O) groups excluding carboxylic acids is 1. The number of hydrogen-bond acceptors (Lipinski definition) is 9. The number of aliphatic imine (C=N–C) groups is 1. The Hall–Kier alpha value is -4.70. The first kappa shape index (κ1) is 25.6. The molecule has 1 fully saturated rings. The Balaban J connectivity index is 1.18. The van der Waals surface area contributed by atoms with Gasteiger partial charge in [-0.15, -0.1) is 0 Å². The number of aromatic nitrogens is 1. The number of anilines is 2. The summed E-state index contributed by atoms with van der Waals surface area (Å²) in [6.45, 7) is 6.69. The lowest BCUT2D eigenvalue weighted by Gasteiger charge is -2.38. The van der Waals surface area contributed by atoms with Crippen molar-refractivity contribution in [2.75, 3.05) is 37.5 Å². The first-order chi connectivity index (χ1) is 19.4. The minimum absolute atomic E-state index is 0.110. The second-order valence-corrected chi connectivity index (χ2v) is 9.72. The summed E-state index contributed by atoms with van der Waals surface area (Å²) in [5.74, 6) is 3.37. The van der Waals surface area contributed by atoms with Gasteiger partial charge in [-0.25, -0.2) is 9.98 Å². The second kappa shape index (κ2) is 10.5. The minimum atomic E-state index is -0.138. The van der Waals surface area contributed by atoms with Gasteiger partial charge in [0.15, 0.2) is 23.0 Å². The topological polar surface area (TPSA) is 110 Å². The van der Waals surface area contributed by atoms with Crippen molar-refractivity contribution in [2.45, 2.75) is 13.0 Å². The maximum Gasteiger partial charge on any atom is 0.246 e. The molecule has 2 aliphatic rings. The predicted molar refractivity (Wildman–Crippen MR) is 153 cm³/mol. The number of nitrogens with one attached hydrogen (secondary N) is 2. The molecule has 10 nitrogen and oxygen atoms in total. The average Bonchev–Trinajstić information content (AvgIpc) is 3.30. The summed E-state index contributed by atoms with van der Waals surface area (Å²) < 4.78 is 23.3. The largest absolute Gasteiger partial charge is 0.493 e. The van der Waals surface area contributed by atoms with E-state index in [1.807, 2.05) is 30.3 Å². The van der Waals surface area contributed by atoms with Gasteiger partial charge in [-0.3, -0.25) is 4.79 Å². The lowest BCUT2D eigenvalue weighted by atomic mass is 10.1. The Kier molecular flexibility index (Phi) is 6.69. The summed E-state index contributed by atoms with van der Waals surface area (Å²) in [7, 11) is 1.59. The van der Waals surface area contributed by atoms with Crippen molar-refractivity contribution in [2.24, 2.45) is 4.99 Å². The van der Waals surface area contributed by atoms with Crippen LogP contribution >= 0.6 is 11.6 Å². The van der Waals surface area contributed by atoms with E-state index >= 15 is 0 Å². The summed E-state index contributed by atoms with van der Waals surface area (Å²) >= 11 is 6.58. The molecule has 0 aliphatic carbocycles. The maximum atomic E-state index is 11.8. The van der Waals surface area contributed by atoms with Crippen LogP contribution in [0.5, 0.6) is 23.0 Å². The molecule has 2 aliphatic heterocycles. The number of oxazole rings is 1. The molecule has 0 saturated carbocycles. The molecule has 0 atom stereocenters. The quantitative estimate of drug-likeness (QED) is 0.281. The van der Waals surface area contributed by atoms with Crippen LogP contribution < -0.4 is 24.8 Å². The summed E-state index contributed by atoms with van der Waals surface area (Å²) in [6, 6.07) is 14.6. The molecule has 3 heterocycles. The fourth-order valence-electron chi connectivity index (χ4n) is 4.56. The number of carbonyl (C=O) groups is 1. The third-order valence-electron chi connectivity index (χ3n) is 6.58. The van der Waals surface area contributed by atoms with Crippen LogP contribution in [0.3, 0.4) is 0 Å². The number of fused-ring (bicyclic) bond motifs is 2. The molecular weight excluding hydrogens is 534 g/mol. The SMILES string of the molecule is C=CC(=O)N1CC(Oc2cc3c(cc2OC)NCN=C3Nc2ccc(Oc3ccc4nc(C)oc4c3)c(Cl)c2)C1. The van der Waals surface area contributed by atoms with E-state index in [2.05, 4.69) is 27.2 Å². The molecule has 1 amide bonds. The fourth-order valence-corrected chi connectivity index (χ4v) is 4.78. The van der Waals surface area contributed by atoms with Crippen LogP contribution in [0.2, 0.25) is 5.02 Å². The molecule has 11 heteroatoms. The Labute approximate surface area is 235 Å². The monoisotopic (exact) mass is 559 g/mol. The van der Waals surface area contributed by atoms with Gasteiger partial charge in [0.1, 0.15) is 35.6 Å². The van der Waals surface area contributed by atoms with E-state index in [1.165, 1.54) is 6.08 Å². The first-order valence-corrected chi connectivity index (χ1v) is 13.0. The Bertz CT molecular complexity index is 1660. The van der Waals surface area contributed by atoms with Crippen LogP contribution in [0, 0.1) is 6.92 Å². The van der Waals surface area contributed by atoms with Crippen molar-refractivity contribution in [3.63, 3.8) is 0 Å². The normalized spacial score (nSPS) is 14.5. The van der Waals surface area contributed by atoms with Crippen molar-refractivity contribution in [1.82, 2.24) is 9.88 Å². The van der Waals surface area contributed by atoms with Crippen LogP contribution in [0.25, 0.3) is 11.1 Å². The van der Waals surface area contributed by atoms with Gasteiger partial charge in [0.2, 0.25) is 5.91 Å². The number of hydrogen-bond donors (Lipinski definition) is 2. The van der Waals surface area contributed by atoms with Gasteiger partial charge in [-0.1, -0.05) is 18.2 Å². The number of likely N-dealkylation sites (tertiary alicyclic amines) is 1. The number of aryl methyl sites for hydroxylation is 1. The van der Waals surface area contributed by atoms with Crippen molar-refractivity contribution < 1.29 is 23.4 Å². The van der Waals surface area contributed by atoms with Gasteiger partial charge in [-0.2, -0.15) is 0 Å². The standard InChI is InChI=1S/C29H26ClN5O5/c1-4-28(36)35-13-19(14-35)40-27-11-20-23(12-26(27)37-3)31-15-32-29(20)34-17-5-8-24(21(30)9-17)39-18-6-7-22-25(10-18)38-16(2)33-22/h4-12,19,31H,1,13-15H2,2-3H3,(H,32,34). The van der Waals surface area contributed by atoms with Crippen molar-refractivity contribution in [1.29, 1.82) is 0 Å². The summed E-state index contributed by atoms with van der Waals surface area (Å²) in [6.07, 6.45) is 1.17. The summed E-state index contributed by atoms with van der Waals surface area (Å²) in [5, 5.41) is 7.05. The van der Waals surface area contributed by atoms with Crippen LogP contribution in [-0.4, -0.2) is 54.6 Å². The number of rotatable bonds is 7. The molecule has 0 radical (unpaired) electrons. The van der Waals surface area contributed by atoms with Crippen molar-refractivity contribution >= 4 is 45.8 Å². The Morgan fingerprint density at radius 1 is 1.18 bits per heavy atom. The molecule has 1 aromatic heterocycles. The summed E-state index contributed by atoms with van der Waals surface area (Å²) in [5.41, 5.74) is 3.81. The number of amides is 1.